The predicted octanol–water partition coefficient (Wildman–Crippen LogP) is 1.31. The molecule has 0 aromatic carbocycles. The maximum atomic E-state index is 5.00. The van der Waals surface area contributed by atoms with Crippen LogP contribution in [0.15, 0.2) is 36.6 Å². The Morgan fingerprint density at radius 3 is 2.80 bits per heavy atom. The number of allylic oxidation sites excluding steroid dienone is 4. The molecule has 0 saturated carbocycles. The van der Waals surface area contributed by atoms with Crippen molar-refractivity contribution in [3.8, 4) is 0 Å². The number of hydrogen-bond donors (Lipinski definition) is 0. The summed E-state index contributed by atoms with van der Waals surface area (Å²) in [6, 6.07) is 0. The van der Waals surface area contributed by atoms with Crippen molar-refractivity contribution in [1.82, 2.24) is 0 Å². The summed E-state index contributed by atoms with van der Waals surface area (Å²) in [5.74, 6) is 0.844. The first-order chi connectivity index (χ1) is 4.85. The van der Waals surface area contributed by atoms with Crippen LogP contribution in [0.2, 0.25) is 6.32 Å². The Morgan fingerprint density at radius 2 is 2.40 bits per heavy atom. The third kappa shape index (κ3) is 4.01. The van der Waals surface area contributed by atoms with E-state index in [-0.39, 0.29) is 0 Å². The zero-order valence-electron chi connectivity index (χ0n) is 6.63. The van der Waals surface area contributed by atoms with Crippen LogP contribution in [0.1, 0.15) is 0 Å². The summed E-state index contributed by atoms with van der Waals surface area (Å²) in [5, 5.41) is 0. The smallest absolute Gasteiger partial charge is 0.118 e. The molecule has 0 heterocycles. The topological polar surface area (TPSA) is 9.23 Å². The van der Waals surface area contributed by atoms with Crippen molar-refractivity contribution in [2.24, 2.45) is 0 Å². The van der Waals surface area contributed by atoms with E-state index in [0.29, 0.717) is 0 Å². The molecule has 0 amide bonds. The summed E-state index contributed by atoms with van der Waals surface area (Å²) in [6.45, 7) is 3.57. The minimum Gasteiger partial charge on any atom is -0.497 e. The average molecular weight is 136 g/mol. The quantitative estimate of drug-likeness (QED) is 0.321. The Bertz CT molecular complexity index is 147. The van der Waals surface area contributed by atoms with E-state index in [9.17, 15) is 0 Å². The second kappa shape index (κ2) is 6.21. The molecule has 0 aliphatic carbocycles. The van der Waals surface area contributed by atoms with Crippen molar-refractivity contribution in [2.75, 3.05) is 7.11 Å². The van der Waals surface area contributed by atoms with Crippen molar-refractivity contribution < 1.29 is 4.74 Å². The van der Waals surface area contributed by atoms with Crippen LogP contribution in [-0.2, 0) is 4.74 Å². The normalized spacial score (nSPS) is 11.9. The van der Waals surface area contributed by atoms with Crippen LogP contribution in [0.5, 0.6) is 0 Å². The Morgan fingerprint density at radius 1 is 1.70 bits per heavy atom. The van der Waals surface area contributed by atoms with Gasteiger partial charge in [-0.2, -0.15) is 0 Å². The molecule has 0 N–H and O–H groups in total. The molecule has 0 spiro atoms. The van der Waals surface area contributed by atoms with Crippen LogP contribution in [0.25, 0.3) is 0 Å². The molecule has 1 nitrogen and oxygen atoms in total. The largest absolute Gasteiger partial charge is 0.497 e. The summed E-state index contributed by atoms with van der Waals surface area (Å²) in [7, 11) is 3.73. The van der Waals surface area contributed by atoms with Gasteiger partial charge in [0.2, 0.25) is 0 Å². The molecule has 54 valence electrons. The van der Waals surface area contributed by atoms with Crippen molar-refractivity contribution in [3.63, 3.8) is 0 Å². The van der Waals surface area contributed by atoms with Gasteiger partial charge in [-0.15, -0.1) is 0 Å². The summed E-state index contributed by atoms with van der Waals surface area (Å²) in [5.41, 5.74) is 0. The average Bonchev–Trinajstić information content (AvgIpc) is 1.98. The van der Waals surface area contributed by atoms with Gasteiger partial charge in [-0.25, -0.2) is 0 Å². The van der Waals surface area contributed by atoms with Gasteiger partial charge in [0.1, 0.15) is 13.6 Å². The highest BCUT2D eigenvalue weighted by atomic mass is 16.5. The van der Waals surface area contributed by atoms with E-state index in [2.05, 4.69) is 14.4 Å². The summed E-state index contributed by atoms with van der Waals surface area (Å²) in [6.07, 6.45) is 8.53. The van der Waals surface area contributed by atoms with Gasteiger partial charge in [0.05, 0.1) is 7.11 Å². The van der Waals surface area contributed by atoms with Crippen molar-refractivity contribution in [1.29, 1.82) is 0 Å². The number of methoxy groups -OCH3 is 1. The summed E-state index contributed by atoms with van der Waals surface area (Å²) < 4.78 is 5.00. The third-order valence-corrected chi connectivity index (χ3v) is 1.04. The van der Waals surface area contributed by atoms with Crippen molar-refractivity contribution >= 4 is 7.85 Å². The molecule has 0 bridgehead atoms. The molecule has 10 heavy (non-hydrogen) atoms. The van der Waals surface area contributed by atoms with Gasteiger partial charge >= 0.3 is 0 Å². The van der Waals surface area contributed by atoms with E-state index in [1.807, 2.05) is 18.2 Å². The molecular formula is C8H13BO. The second-order valence-electron chi connectivity index (χ2n) is 1.82. The molecule has 0 unspecified atom stereocenters. The van der Waals surface area contributed by atoms with E-state index < -0.39 is 0 Å². The lowest BCUT2D eigenvalue weighted by molar-refractivity contribution is 0.307. The first-order valence-electron chi connectivity index (χ1n) is 3.38. The van der Waals surface area contributed by atoms with E-state index in [1.165, 1.54) is 0 Å². The Balaban J connectivity index is 3.94. The number of rotatable bonds is 4. The standard InChI is InChI=1S/C8H13BO/c1-3-5-8(10-2)6-4-7-9/h3-6H,1,7,9H2,2H3/b6-4-,8-5+. The zero-order chi connectivity index (χ0) is 7.82. The van der Waals surface area contributed by atoms with E-state index in [0.717, 1.165) is 12.1 Å². The SMILES string of the molecule is BC/C=C\C(=C/C=C)OC. The summed E-state index contributed by atoms with van der Waals surface area (Å²) >= 11 is 0. The van der Waals surface area contributed by atoms with E-state index >= 15 is 0 Å². The monoisotopic (exact) mass is 136 g/mol. The van der Waals surface area contributed by atoms with Crippen LogP contribution in [0.4, 0.5) is 0 Å². The minimum absolute atomic E-state index is 0.844. The zero-order valence-corrected chi connectivity index (χ0v) is 6.63. The fourth-order valence-corrected chi connectivity index (χ4v) is 0.542. The summed E-state index contributed by atoms with van der Waals surface area (Å²) in [4.78, 5) is 0. The first kappa shape index (κ1) is 9.08. The van der Waals surface area contributed by atoms with Gasteiger partial charge < -0.3 is 4.74 Å². The maximum Gasteiger partial charge on any atom is 0.118 e. The Hall–Kier alpha value is -0.915. The molecule has 0 aliphatic rings. The van der Waals surface area contributed by atoms with Crippen molar-refractivity contribution in [3.05, 3.63) is 36.6 Å². The highest BCUT2D eigenvalue weighted by Crippen LogP contribution is 1.97. The highest BCUT2D eigenvalue weighted by Gasteiger charge is 1.82. The lowest BCUT2D eigenvalue weighted by Gasteiger charge is -1.96. The molecule has 2 heteroatoms. The molecule has 0 aliphatic heterocycles. The van der Waals surface area contributed by atoms with Crippen molar-refractivity contribution in [2.45, 2.75) is 6.32 Å². The van der Waals surface area contributed by atoms with Crippen LogP contribution in [0.3, 0.4) is 0 Å². The van der Waals surface area contributed by atoms with Crippen LogP contribution in [0, 0.1) is 0 Å². The third-order valence-electron chi connectivity index (χ3n) is 1.04. The molecule has 0 rings (SSSR count). The number of ether oxygens (including phenoxy) is 1. The van der Waals surface area contributed by atoms with E-state index in [1.54, 1.807) is 13.2 Å². The maximum absolute atomic E-state index is 5.00. The van der Waals surface area contributed by atoms with Gasteiger partial charge in [0.15, 0.2) is 0 Å². The molecule has 0 aromatic heterocycles. The van der Waals surface area contributed by atoms with Crippen LogP contribution >= 0.6 is 0 Å². The molecule has 0 fully saturated rings. The van der Waals surface area contributed by atoms with Gasteiger partial charge in [-0.05, 0) is 12.2 Å². The first-order valence-corrected chi connectivity index (χ1v) is 3.38. The lowest BCUT2D eigenvalue weighted by atomic mass is 10.1. The van der Waals surface area contributed by atoms with Gasteiger partial charge in [0, 0.05) is 0 Å². The van der Waals surface area contributed by atoms with Crippen LogP contribution in [-0.4, -0.2) is 15.0 Å². The molecular weight excluding hydrogens is 123 g/mol. The van der Waals surface area contributed by atoms with E-state index in [4.69, 9.17) is 4.74 Å². The Labute approximate surface area is 63.5 Å². The van der Waals surface area contributed by atoms with Gasteiger partial charge in [-0.1, -0.05) is 25.1 Å². The molecule has 0 saturated heterocycles. The van der Waals surface area contributed by atoms with Crippen LogP contribution < -0.4 is 0 Å². The second-order valence-corrected chi connectivity index (χ2v) is 1.82. The molecule has 0 radical (unpaired) electrons. The van der Waals surface area contributed by atoms with Gasteiger partial charge in [0.25, 0.3) is 0 Å². The minimum atomic E-state index is 0.844. The van der Waals surface area contributed by atoms with Gasteiger partial charge in [-0.3, -0.25) is 0 Å². The molecule has 0 atom stereocenters. The fourth-order valence-electron chi connectivity index (χ4n) is 0.542. The highest BCUT2D eigenvalue weighted by molar-refractivity contribution is 6.09. The fraction of sp³-hybridized carbons (Fsp3) is 0.250. The molecule has 0 aromatic rings. The Kier molecular flexibility index (Phi) is 5.64. The predicted molar refractivity (Wildman–Crippen MR) is 47.8 cm³/mol. The number of hydrogen-bond acceptors (Lipinski definition) is 1. The lowest BCUT2D eigenvalue weighted by Crippen LogP contribution is -1.79.